The SMILES string of the molecule is CC(NC(=O)C1CCCN1C(=O)C(N)C(C)C)C(=O)NC(CCC(=O)O)C(=O)O. The van der Waals surface area contributed by atoms with E-state index >= 15 is 0 Å². The van der Waals surface area contributed by atoms with Gasteiger partial charge >= 0.3 is 11.9 Å². The molecule has 164 valence electrons. The van der Waals surface area contributed by atoms with Crippen LogP contribution in [0.1, 0.15) is 46.5 Å². The van der Waals surface area contributed by atoms with E-state index in [4.69, 9.17) is 15.9 Å². The molecule has 1 aliphatic heterocycles. The number of nitrogens with two attached hydrogens (primary N) is 1. The number of nitrogens with one attached hydrogen (secondary N) is 2. The molecule has 0 spiro atoms. The molecular weight excluding hydrogens is 384 g/mol. The number of rotatable bonds is 10. The average Bonchev–Trinajstić information content (AvgIpc) is 3.12. The van der Waals surface area contributed by atoms with E-state index in [0.717, 1.165) is 0 Å². The Morgan fingerprint density at radius 1 is 1.10 bits per heavy atom. The van der Waals surface area contributed by atoms with Gasteiger partial charge in [-0.15, -0.1) is 0 Å². The summed E-state index contributed by atoms with van der Waals surface area (Å²) in [6.45, 7) is 5.39. The Hall–Kier alpha value is -2.69. The lowest BCUT2D eigenvalue weighted by molar-refractivity contribution is -0.144. The minimum Gasteiger partial charge on any atom is -0.481 e. The van der Waals surface area contributed by atoms with Crippen LogP contribution in [-0.2, 0) is 24.0 Å². The van der Waals surface area contributed by atoms with Crippen LogP contribution in [0.4, 0.5) is 0 Å². The van der Waals surface area contributed by atoms with Crippen molar-refractivity contribution in [2.24, 2.45) is 11.7 Å². The molecule has 4 atom stereocenters. The van der Waals surface area contributed by atoms with Gasteiger partial charge in [-0.3, -0.25) is 19.2 Å². The molecule has 11 nitrogen and oxygen atoms in total. The highest BCUT2D eigenvalue weighted by Crippen LogP contribution is 2.20. The van der Waals surface area contributed by atoms with Gasteiger partial charge in [-0.25, -0.2) is 4.79 Å². The first-order valence-corrected chi connectivity index (χ1v) is 9.57. The van der Waals surface area contributed by atoms with Crippen molar-refractivity contribution >= 4 is 29.7 Å². The number of aliphatic carboxylic acids is 2. The first-order valence-electron chi connectivity index (χ1n) is 9.57. The smallest absolute Gasteiger partial charge is 0.326 e. The maximum atomic E-state index is 12.6. The van der Waals surface area contributed by atoms with Crippen molar-refractivity contribution in [3.63, 3.8) is 0 Å². The summed E-state index contributed by atoms with van der Waals surface area (Å²) in [6, 6.07) is -3.92. The minimum atomic E-state index is -1.38. The highest BCUT2D eigenvalue weighted by atomic mass is 16.4. The van der Waals surface area contributed by atoms with Crippen molar-refractivity contribution in [1.82, 2.24) is 15.5 Å². The predicted octanol–water partition coefficient (Wildman–Crippen LogP) is -1.10. The molecule has 4 unspecified atom stereocenters. The van der Waals surface area contributed by atoms with E-state index in [1.165, 1.54) is 11.8 Å². The van der Waals surface area contributed by atoms with Crippen LogP contribution in [0.2, 0.25) is 0 Å². The van der Waals surface area contributed by atoms with Crippen LogP contribution in [-0.4, -0.2) is 75.5 Å². The van der Waals surface area contributed by atoms with Crippen molar-refractivity contribution < 1.29 is 34.2 Å². The van der Waals surface area contributed by atoms with Crippen LogP contribution >= 0.6 is 0 Å². The van der Waals surface area contributed by atoms with E-state index in [0.29, 0.717) is 19.4 Å². The summed E-state index contributed by atoms with van der Waals surface area (Å²) < 4.78 is 0. The zero-order chi connectivity index (χ0) is 22.3. The summed E-state index contributed by atoms with van der Waals surface area (Å²) in [7, 11) is 0. The zero-order valence-corrected chi connectivity index (χ0v) is 16.9. The second-order valence-corrected chi connectivity index (χ2v) is 7.52. The van der Waals surface area contributed by atoms with Crippen LogP contribution in [0, 0.1) is 5.92 Å². The molecule has 3 amide bonds. The number of likely N-dealkylation sites (tertiary alicyclic amines) is 1. The summed E-state index contributed by atoms with van der Waals surface area (Å²) in [4.78, 5) is 60.5. The lowest BCUT2D eigenvalue weighted by atomic mass is 10.0. The first kappa shape index (κ1) is 24.3. The third kappa shape index (κ3) is 7.00. The van der Waals surface area contributed by atoms with E-state index in [-0.39, 0.29) is 18.2 Å². The maximum Gasteiger partial charge on any atom is 0.326 e. The zero-order valence-electron chi connectivity index (χ0n) is 16.9. The third-order valence-electron chi connectivity index (χ3n) is 4.86. The highest BCUT2D eigenvalue weighted by molar-refractivity contribution is 5.94. The summed E-state index contributed by atoms with van der Waals surface area (Å²) >= 11 is 0. The summed E-state index contributed by atoms with van der Waals surface area (Å²) in [5.74, 6) is -4.24. The highest BCUT2D eigenvalue weighted by Gasteiger charge is 2.37. The standard InChI is InChI=1S/C18H30N4O7/c1-9(2)14(19)17(27)22-8-4-5-12(22)16(26)20-10(3)15(25)21-11(18(28)29)6-7-13(23)24/h9-12,14H,4-8,19H2,1-3H3,(H,20,26)(H,21,25)(H,23,24)(H,28,29). The number of hydrogen-bond acceptors (Lipinski definition) is 6. The van der Waals surface area contributed by atoms with E-state index in [2.05, 4.69) is 10.6 Å². The molecule has 1 fully saturated rings. The van der Waals surface area contributed by atoms with E-state index in [1.807, 2.05) is 13.8 Å². The number of carboxylic acid groups (broad SMARTS) is 2. The second-order valence-electron chi connectivity index (χ2n) is 7.52. The molecule has 0 radical (unpaired) electrons. The summed E-state index contributed by atoms with van der Waals surface area (Å²) in [6.07, 6.45) is 0.362. The summed E-state index contributed by atoms with van der Waals surface area (Å²) in [5.41, 5.74) is 5.90. The van der Waals surface area contributed by atoms with Crippen LogP contribution < -0.4 is 16.4 Å². The third-order valence-corrected chi connectivity index (χ3v) is 4.86. The Morgan fingerprint density at radius 3 is 2.24 bits per heavy atom. The van der Waals surface area contributed by atoms with Crippen LogP contribution in [0.3, 0.4) is 0 Å². The van der Waals surface area contributed by atoms with Crippen molar-refractivity contribution in [3.8, 4) is 0 Å². The molecule has 0 aromatic rings. The van der Waals surface area contributed by atoms with Crippen LogP contribution in [0.25, 0.3) is 0 Å². The number of carbonyl (C=O) groups excluding carboxylic acids is 3. The number of carbonyl (C=O) groups is 5. The monoisotopic (exact) mass is 414 g/mol. The van der Waals surface area contributed by atoms with Crippen molar-refractivity contribution in [1.29, 1.82) is 0 Å². The number of carboxylic acids is 2. The molecule has 29 heavy (non-hydrogen) atoms. The molecule has 11 heteroatoms. The lowest BCUT2D eigenvalue weighted by Crippen LogP contribution is -2.56. The van der Waals surface area contributed by atoms with Crippen LogP contribution in [0.15, 0.2) is 0 Å². The van der Waals surface area contributed by atoms with Crippen molar-refractivity contribution in [2.75, 3.05) is 6.54 Å². The Balaban J connectivity index is 2.69. The molecule has 1 saturated heterocycles. The van der Waals surface area contributed by atoms with Gasteiger partial charge < -0.3 is 31.5 Å². The molecule has 0 saturated carbocycles. The van der Waals surface area contributed by atoms with Gasteiger partial charge in [-0.2, -0.15) is 0 Å². The molecule has 6 N–H and O–H groups in total. The van der Waals surface area contributed by atoms with E-state index in [9.17, 15) is 24.0 Å². The van der Waals surface area contributed by atoms with Crippen molar-refractivity contribution in [2.45, 2.75) is 70.6 Å². The van der Waals surface area contributed by atoms with Crippen molar-refractivity contribution in [3.05, 3.63) is 0 Å². The number of hydrogen-bond donors (Lipinski definition) is 5. The molecule has 0 aliphatic carbocycles. The van der Waals surface area contributed by atoms with Gasteiger partial charge in [0.1, 0.15) is 18.1 Å². The normalized spacial score (nSPS) is 19.3. The Labute approximate surface area is 169 Å². The molecular formula is C18H30N4O7. The molecule has 0 aromatic heterocycles. The van der Waals surface area contributed by atoms with E-state index in [1.54, 1.807) is 0 Å². The average molecular weight is 414 g/mol. The van der Waals surface area contributed by atoms with Gasteiger partial charge in [-0.05, 0) is 32.1 Å². The topological polar surface area (TPSA) is 179 Å². The fraction of sp³-hybridized carbons (Fsp3) is 0.722. The van der Waals surface area contributed by atoms with Gasteiger partial charge in [-0.1, -0.05) is 13.8 Å². The largest absolute Gasteiger partial charge is 0.481 e. The fourth-order valence-corrected chi connectivity index (χ4v) is 2.98. The Bertz CT molecular complexity index is 652. The Morgan fingerprint density at radius 2 is 1.72 bits per heavy atom. The number of amides is 3. The van der Waals surface area contributed by atoms with Gasteiger partial charge in [0.25, 0.3) is 0 Å². The lowest BCUT2D eigenvalue weighted by Gasteiger charge is -2.29. The number of nitrogens with zero attached hydrogens (tertiary/aromatic N) is 1. The maximum absolute atomic E-state index is 12.6. The Kier molecular flexibility index (Phi) is 9.02. The van der Waals surface area contributed by atoms with E-state index < -0.39 is 54.3 Å². The van der Waals surface area contributed by atoms with Gasteiger partial charge in [0.05, 0.1) is 6.04 Å². The molecule has 0 aromatic carbocycles. The van der Waals surface area contributed by atoms with Gasteiger partial charge in [0, 0.05) is 13.0 Å². The van der Waals surface area contributed by atoms with Crippen LogP contribution in [0.5, 0.6) is 0 Å². The van der Waals surface area contributed by atoms with Gasteiger partial charge in [0.2, 0.25) is 17.7 Å². The first-order chi connectivity index (χ1) is 13.5. The van der Waals surface area contributed by atoms with Gasteiger partial charge in [0.15, 0.2) is 0 Å². The predicted molar refractivity (Wildman–Crippen MR) is 102 cm³/mol. The minimum absolute atomic E-state index is 0.0877. The molecule has 1 heterocycles. The molecule has 1 rings (SSSR count). The quantitative estimate of drug-likeness (QED) is 0.299. The fourth-order valence-electron chi connectivity index (χ4n) is 2.98. The molecule has 0 bridgehead atoms. The summed E-state index contributed by atoms with van der Waals surface area (Å²) in [5, 5.41) is 22.5. The second kappa shape index (κ2) is 10.7. The molecule has 1 aliphatic rings.